The standard InChI is InChI=1S/2C14H22O6/c2*1-19-13(17)9-5-3-7-11(15)12(16)8-4-6-10-14(18)20-2/h2*3-10H2,1-2H3. The molecule has 0 heterocycles. The molecule has 0 rings (SSSR count). The fourth-order valence-electron chi connectivity index (χ4n) is 3.19. The van der Waals surface area contributed by atoms with Crippen molar-refractivity contribution in [3.05, 3.63) is 0 Å². The number of ether oxygens (including phenoxy) is 4. The highest BCUT2D eigenvalue weighted by atomic mass is 16.5. The summed E-state index contributed by atoms with van der Waals surface area (Å²) in [4.78, 5) is 89.3. The second-order valence-corrected chi connectivity index (χ2v) is 8.83. The summed E-state index contributed by atoms with van der Waals surface area (Å²) < 4.78 is 17.9. The molecule has 0 saturated heterocycles. The summed E-state index contributed by atoms with van der Waals surface area (Å²) in [5.41, 5.74) is 0. The maximum Gasteiger partial charge on any atom is 0.305 e. The first-order chi connectivity index (χ1) is 19.0. The molecule has 228 valence electrons. The molecule has 0 fully saturated rings. The summed E-state index contributed by atoms with van der Waals surface area (Å²) in [5, 5.41) is 0. The van der Waals surface area contributed by atoms with Crippen LogP contribution in [0.25, 0.3) is 0 Å². The Morgan fingerprint density at radius 2 is 0.450 bits per heavy atom. The molecule has 0 unspecified atom stereocenters. The van der Waals surface area contributed by atoms with E-state index in [-0.39, 0.29) is 75.2 Å². The van der Waals surface area contributed by atoms with Crippen LogP contribution >= 0.6 is 0 Å². The van der Waals surface area contributed by atoms with Crippen LogP contribution in [-0.4, -0.2) is 75.4 Å². The van der Waals surface area contributed by atoms with Gasteiger partial charge in [-0.15, -0.1) is 0 Å². The second-order valence-electron chi connectivity index (χ2n) is 8.83. The minimum absolute atomic E-state index is 0.160. The van der Waals surface area contributed by atoms with E-state index in [0.29, 0.717) is 51.4 Å². The predicted octanol–water partition coefficient (Wildman–Crippen LogP) is 3.18. The normalized spacial score (nSPS) is 9.90. The van der Waals surface area contributed by atoms with Gasteiger partial charge >= 0.3 is 23.9 Å². The zero-order valence-corrected chi connectivity index (χ0v) is 24.2. The molecule has 0 aliphatic rings. The fourth-order valence-corrected chi connectivity index (χ4v) is 3.19. The third-order valence-electron chi connectivity index (χ3n) is 5.67. The van der Waals surface area contributed by atoms with Crippen LogP contribution in [0.3, 0.4) is 0 Å². The summed E-state index contributed by atoms with van der Waals surface area (Å²) in [5.74, 6) is -2.89. The van der Waals surface area contributed by atoms with E-state index < -0.39 is 23.1 Å². The van der Waals surface area contributed by atoms with Gasteiger partial charge in [0.25, 0.3) is 0 Å². The Hall–Kier alpha value is -3.44. The molecular weight excluding hydrogens is 528 g/mol. The first kappa shape index (κ1) is 38.7. The molecular formula is C28H44O12. The highest BCUT2D eigenvalue weighted by Gasteiger charge is 2.14. The average Bonchev–Trinajstić information content (AvgIpc) is 2.96. The summed E-state index contributed by atoms with van der Waals surface area (Å²) in [6, 6.07) is 0. The number of carbonyl (C=O) groups excluding carboxylic acids is 8. The molecule has 0 radical (unpaired) electrons. The minimum Gasteiger partial charge on any atom is -0.469 e. The molecule has 0 aromatic rings. The highest BCUT2D eigenvalue weighted by molar-refractivity contribution is 6.37. The number of carbonyl (C=O) groups is 8. The van der Waals surface area contributed by atoms with Crippen molar-refractivity contribution in [1.82, 2.24) is 0 Å². The molecule has 40 heavy (non-hydrogen) atoms. The Morgan fingerprint density at radius 1 is 0.300 bits per heavy atom. The van der Waals surface area contributed by atoms with Gasteiger partial charge in [-0.25, -0.2) is 0 Å². The van der Waals surface area contributed by atoms with Gasteiger partial charge in [-0.2, -0.15) is 0 Å². The Balaban J connectivity index is 0. The molecule has 0 N–H and O–H groups in total. The third kappa shape index (κ3) is 23.7. The Kier molecular flexibility index (Phi) is 25.0. The van der Waals surface area contributed by atoms with Gasteiger partial charge in [0.15, 0.2) is 23.1 Å². The largest absolute Gasteiger partial charge is 0.469 e. The smallest absolute Gasteiger partial charge is 0.305 e. The molecule has 0 saturated carbocycles. The van der Waals surface area contributed by atoms with Crippen LogP contribution in [-0.2, 0) is 57.3 Å². The lowest BCUT2D eigenvalue weighted by molar-refractivity contribution is -0.141. The first-order valence-electron chi connectivity index (χ1n) is 13.4. The highest BCUT2D eigenvalue weighted by Crippen LogP contribution is 2.08. The van der Waals surface area contributed by atoms with E-state index in [2.05, 4.69) is 18.9 Å². The molecule has 0 bridgehead atoms. The molecule has 0 amide bonds. The zero-order chi connectivity index (χ0) is 30.8. The van der Waals surface area contributed by atoms with Crippen LogP contribution < -0.4 is 0 Å². The van der Waals surface area contributed by atoms with Gasteiger partial charge in [0.1, 0.15) is 0 Å². The molecule has 12 heteroatoms. The van der Waals surface area contributed by atoms with Gasteiger partial charge < -0.3 is 18.9 Å². The Bertz CT molecular complexity index is 695. The number of esters is 4. The van der Waals surface area contributed by atoms with Gasteiger partial charge in [0.05, 0.1) is 28.4 Å². The quantitative estimate of drug-likeness (QED) is 0.0803. The van der Waals surface area contributed by atoms with Gasteiger partial charge in [-0.05, 0) is 51.4 Å². The molecule has 0 aromatic heterocycles. The lowest BCUT2D eigenvalue weighted by Crippen LogP contribution is -2.13. The van der Waals surface area contributed by atoms with Crippen LogP contribution in [0, 0.1) is 0 Å². The molecule has 0 atom stereocenters. The first-order valence-corrected chi connectivity index (χ1v) is 13.4. The number of unbranched alkanes of at least 4 members (excludes halogenated alkanes) is 4. The van der Waals surface area contributed by atoms with Crippen molar-refractivity contribution in [2.45, 2.75) is 103 Å². The van der Waals surface area contributed by atoms with Crippen molar-refractivity contribution >= 4 is 47.0 Å². The van der Waals surface area contributed by atoms with Crippen molar-refractivity contribution in [2.24, 2.45) is 0 Å². The van der Waals surface area contributed by atoms with E-state index >= 15 is 0 Å². The van der Waals surface area contributed by atoms with E-state index in [9.17, 15) is 38.4 Å². The summed E-state index contributed by atoms with van der Waals surface area (Å²) in [6.45, 7) is 0. The summed E-state index contributed by atoms with van der Waals surface area (Å²) in [6.07, 6.45) is 5.83. The molecule has 0 spiro atoms. The second kappa shape index (κ2) is 25.8. The van der Waals surface area contributed by atoms with Crippen molar-refractivity contribution in [2.75, 3.05) is 28.4 Å². The number of hydrogen-bond acceptors (Lipinski definition) is 12. The molecule has 0 aromatic carbocycles. The van der Waals surface area contributed by atoms with Gasteiger partial charge in [0, 0.05) is 51.4 Å². The monoisotopic (exact) mass is 572 g/mol. The van der Waals surface area contributed by atoms with Crippen molar-refractivity contribution in [3.8, 4) is 0 Å². The topological polar surface area (TPSA) is 173 Å². The zero-order valence-electron chi connectivity index (χ0n) is 24.2. The van der Waals surface area contributed by atoms with Crippen LogP contribution in [0.1, 0.15) is 103 Å². The van der Waals surface area contributed by atoms with Crippen molar-refractivity contribution < 1.29 is 57.3 Å². The number of methoxy groups -OCH3 is 4. The number of hydrogen-bond donors (Lipinski definition) is 0. The molecule has 12 nitrogen and oxygen atoms in total. The van der Waals surface area contributed by atoms with E-state index in [1.807, 2.05) is 0 Å². The van der Waals surface area contributed by atoms with Gasteiger partial charge in [-0.1, -0.05) is 0 Å². The van der Waals surface area contributed by atoms with Crippen LogP contribution in [0.4, 0.5) is 0 Å². The van der Waals surface area contributed by atoms with E-state index in [0.717, 1.165) is 0 Å². The number of Topliss-reactive ketones (excluding diaryl/α,β-unsaturated/α-hetero) is 4. The van der Waals surface area contributed by atoms with E-state index in [4.69, 9.17) is 0 Å². The lowest BCUT2D eigenvalue weighted by Gasteiger charge is -2.01. The Labute approximate surface area is 235 Å². The van der Waals surface area contributed by atoms with Crippen LogP contribution in [0.2, 0.25) is 0 Å². The number of rotatable bonds is 22. The fraction of sp³-hybridized carbons (Fsp3) is 0.714. The SMILES string of the molecule is COC(=O)CCCCC(=O)C(=O)CCCCC(=O)OC.COC(=O)CCCCC(=O)C(=O)CCCCC(=O)OC. The third-order valence-corrected chi connectivity index (χ3v) is 5.67. The average molecular weight is 573 g/mol. The summed E-state index contributed by atoms with van der Waals surface area (Å²) >= 11 is 0. The number of ketones is 4. The van der Waals surface area contributed by atoms with E-state index in [1.165, 1.54) is 28.4 Å². The maximum atomic E-state index is 11.5. The molecule has 0 aliphatic carbocycles. The maximum absolute atomic E-state index is 11.5. The van der Waals surface area contributed by atoms with Crippen molar-refractivity contribution in [3.63, 3.8) is 0 Å². The lowest BCUT2D eigenvalue weighted by atomic mass is 10.0. The van der Waals surface area contributed by atoms with Crippen molar-refractivity contribution in [1.29, 1.82) is 0 Å². The summed E-state index contributed by atoms with van der Waals surface area (Å²) in [7, 11) is 5.24. The Morgan fingerprint density at radius 3 is 0.600 bits per heavy atom. The van der Waals surface area contributed by atoms with Crippen LogP contribution in [0.5, 0.6) is 0 Å². The minimum atomic E-state index is -0.409. The van der Waals surface area contributed by atoms with Gasteiger partial charge in [-0.3, -0.25) is 38.4 Å². The molecule has 0 aliphatic heterocycles. The van der Waals surface area contributed by atoms with E-state index in [1.54, 1.807) is 0 Å². The van der Waals surface area contributed by atoms with Crippen LogP contribution in [0.15, 0.2) is 0 Å². The predicted molar refractivity (Wildman–Crippen MR) is 142 cm³/mol. The van der Waals surface area contributed by atoms with Gasteiger partial charge in [0.2, 0.25) is 0 Å².